The van der Waals surface area contributed by atoms with Gasteiger partial charge in [-0.3, -0.25) is 4.90 Å². The molecule has 6 nitrogen and oxygen atoms in total. The van der Waals surface area contributed by atoms with Crippen LogP contribution < -0.4 is 13.7 Å². The zero-order valence-electron chi connectivity index (χ0n) is 18.1. The molecule has 2 aliphatic heterocycles. The number of methoxy groups -OCH3 is 2. The molecule has 7 heteroatoms. The highest BCUT2D eigenvalue weighted by Crippen LogP contribution is 2.45. The van der Waals surface area contributed by atoms with Crippen LogP contribution in [-0.2, 0) is 29.5 Å². The van der Waals surface area contributed by atoms with E-state index in [1.54, 1.807) is 31.4 Å². The SMILES string of the molecule is COc1ccc2c(c1)CCN1Cc3c(ccc(OC)c3OS(=O)(=O)c3ccccc3)CC21. The van der Waals surface area contributed by atoms with Gasteiger partial charge >= 0.3 is 10.1 Å². The molecule has 5 rings (SSSR count). The van der Waals surface area contributed by atoms with E-state index in [-0.39, 0.29) is 16.7 Å². The van der Waals surface area contributed by atoms with Crippen LogP contribution in [0.15, 0.2) is 65.6 Å². The Hall–Kier alpha value is -3.03. The average molecular weight is 452 g/mol. The number of hydrogen-bond donors (Lipinski definition) is 0. The monoisotopic (exact) mass is 451 g/mol. The second-order valence-electron chi connectivity index (χ2n) is 8.09. The van der Waals surface area contributed by atoms with Crippen molar-refractivity contribution < 1.29 is 22.1 Å². The zero-order chi connectivity index (χ0) is 22.3. The van der Waals surface area contributed by atoms with Gasteiger partial charge in [0.25, 0.3) is 0 Å². The van der Waals surface area contributed by atoms with Gasteiger partial charge in [0.15, 0.2) is 11.5 Å². The van der Waals surface area contributed by atoms with Crippen molar-refractivity contribution in [3.05, 3.63) is 82.9 Å². The van der Waals surface area contributed by atoms with E-state index in [2.05, 4.69) is 17.0 Å². The molecule has 0 aromatic heterocycles. The first-order chi connectivity index (χ1) is 15.5. The Morgan fingerprint density at radius 1 is 0.938 bits per heavy atom. The number of fused-ring (bicyclic) bond motifs is 4. The largest absolute Gasteiger partial charge is 0.497 e. The van der Waals surface area contributed by atoms with Gasteiger partial charge in [-0.1, -0.05) is 30.3 Å². The lowest BCUT2D eigenvalue weighted by atomic mass is 9.83. The van der Waals surface area contributed by atoms with Crippen molar-refractivity contribution in [3.8, 4) is 17.2 Å². The number of ether oxygens (including phenoxy) is 2. The average Bonchev–Trinajstić information content (AvgIpc) is 2.83. The molecule has 0 bridgehead atoms. The van der Waals surface area contributed by atoms with Gasteiger partial charge in [0, 0.05) is 24.7 Å². The topological polar surface area (TPSA) is 65.1 Å². The summed E-state index contributed by atoms with van der Waals surface area (Å²) in [6, 6.07) is 18.5. The molecule has 0 aliphatic carbocycles. The van der Waals surface area contributed by atoms with E-state index < -0.39 is 10.1 Å². The van der Waals surface area contributed by atoms with Crippen molar-refractivity contribution in [2.24, 2.45) is 0 Å². The van der Waals surface area contributed by atoms with E-state index in [1.165, 1.54) is 30.4 Å². The maximum Gasteiger partial charge on any atom is 0.339 e. The third-order valence-electron chi connectivity index (χ3n) is 6.36. The summed E-state index contributed by atoms with van der Waals surface area (Å²) < 4.78 is 42.5. The summed E-state index contributed by atoms with van der Waals surface area (Å²) in [4.78, 5) is 2.51. The smallest absolute Gasteiger partial charge is 0.339 e. The van der Waals surface area contributed by atoms with Crippen LogP contribution in [0.4, 0.5) is 0 Å². The minimum atomic E-state index is -3.98. The van der Waals surface area contributed by atoms with Crippen molar-refractivity contribution >= 4 is 10.1 Å². The van der Waals surface area contributed by atoms with Crippen LogP contribution >= 0.6 is 0 Å². The normalized spacial score (nSPS) is 17.6. The van der Waals surface area contributed by atoms with E-state index in [4.69, 9.17) is 13.7 Å². The molecule has 0 saturated carbocycles. The van der Waals surface area contributed by atoms with Crippen LogP contribution in [0.1, 0.15) is 28.3 Å². The summed E-state index contributed by atoms with van der Waals surface area (Å²) in [5.41, 5.74) is 4.56. The Balaban J connectivity index is 1.53. The number of benzene rings is 3. The molecular formula is C25H25NO5S. The minimum absolute atomic E-state index is 0.120. The summed E-state index contributed by atoms with van der Waals surface area (Å²) in [6.07, 6.45) is 1.70. The fourth-order valence-corrected chi connectivity index (χ4v) is 5.70. The fourth-order valence-electron chi connectivity index (χ4n) is 4.72. The van der Waals surface area contributed by atoms with Gasteiger partial charge in [0.2, 0.25) is 0 Å². The molecule has 2 aliphatic rings. The lowest BCUT2D eigenvalue weighted by Crippen LogP contribution is -2.39. The number of hydrogen-bond acceptors (Lipinski definition) is 6. The Bertz CT molecular complexity index is 1260. The van der Waals surface area contributed by atoms with Gasteiger partial charge in [-0.05, 0) is 59.9 Å². The fraction of sp³-hybridized carbons (Fsp3) is 0.280. The highest BCUT2D eigenvalue weighted by atomic mass is 32.2. The maximum absolute atomic E-state index is 13.0. The van der Waals surface area contributed by atoms with Crippen LogP contribution in [0, 0.1) is 0 Å². The molecule has 0 radical (unpaired) electrons. The Morgan fingerprint density at radius 2 is 1.75 bits per heavy atom. The molecule has 0 spiro atoms. The number of nitrogens with zero attached hydrogens (tertiary/aromatic N) is 1. The van der Waals surface area contributed by atoms with Gasteiger partial charge < -0.3 is 13.7 Å². The Morgan fingerprint density at radius 3 is 2.50 bits per heavy atom. The first-order valence-electron chi connectivity index (χ1n) is 10.6. The molecule has 3 aromatic carbocycles. The zero-order valence-corrected chi connectivity index (χ0v) is 18.9. The molecule has 166 valence electrons. The van der Waals surface area contributed by atoms with Gasteiger partial charge in [-0.25, -0.2) is 0 Å². The standard InChI is InChI=1S/C25H25NO5S/c1-29-19-9-10-21-18(14-19)12-13-26-16-22-17(15-23(21)26)8-11-24(30-2)25(22)31-32(27,28)20-6-4-3-5-7-20/h3-11,14,23H,12-13,15-16H2,1-2H3. The van der Waals surface area contributed by atoms with Gasteiger partial charge in [0.1, 0.15) is 10.6 Å². The minimum Gasteiger partial charge on any atom is -0.497 e. The van der Waals surface area contributed by atoms with Crippen molar-refractivity contribution in [1.82, 2.24) is 4.90 Å². The predicted octanol–water partition coefficient (Wildman–Crippen LogP) is 4.13. The van der Waals surface area contributed by atoms with E-state index in [0.717, 1.165) is 36.3 Å². The quantitative estimate of drug-likeness (QED) is 0.544. The van der Waals surface area contributed by atoms with Crippen molar-refractivity contribution in [2.75, 3.05) is 20.8 Å². The summed E-state index contributed by atoms with van der Waals surface area (Å²) in [7, 11) is -0.763. The summed E-state index contributed by atoms with van der Waals surface area (Å²) in [5, 5.41) is 0. The summed E-state index contributed by atoms with van der Waals surface area (Å²) in [5.74, 6) is 1.58. The van der Waals surface area contributed by atoms with Crippen LogP contribution in [0.5, 0.6) is 17.2 Å². The Kier molecular flexibility index (Phi) is 5.31. The molecular weight excluding hydrogens is 426 g/mol. The third-order valence-corrected chi connectivity index (χ3v) is 7.59. The highest BCUT2D eigenvalue weighted by Gasteiger charge is 2.35. The predicted molar refractivity (Wildman–Crippen MR) is 121 cm³/mol. The molecule has 32 heavy (non-hydrogen) atoms. The van der Waals surface area contributed by atoms with E-state index in [1.807, 2.05) is 12.1 Å². The summed E-state index contributed by atoms with van der Waals surface area (Å²) >= 11 is 0. The molecule has 0 fully saturated rings. The molecule has 0 N–H and O–H groups in total. The first-order valence-corrected chi connectivity index (χ1v) is 12.0. The highest BCUT2D eigenvalue weighted by molar-refractivity contribution is 7.87. The van der Waals surface area contributed by atoms with Gasteiger partial charge in [-0.15, -0.1) is 0 Å². The van der Waals surface area contributed by atoms with Crippen molar-refractivity contribution in [1.29, 1.82) is 0 Å². The molecule has 0 saturated heterocycles. The molecule has 0 amide bonds. The van der Waals surface area contributed by atoms with Crippen molar-refractivity contribution in [3.63, 3.8) is 0 Å². The lowest BCUT2D eigenvalue weighted by molar-refractivity contribution is 0.159. The third kappa shape index (κ3) is 3.61. The van der Waals surface area contributed by atoms with E-state index in [9.17, 15) is 8.42 Å². The first kappa shape index (κ1) is 20.8. The molecule has 1 unspecified atom stereocenters. The van der Waals surface area contributed by atoms with E-state index in [0.29, 0.717) is 12.3 Å². The lowest BCUT2D eigenvalue weighted by Gasteiger charge is -2.42. The second-order valence-corrected chi connectivity index (χ2v) is 9.64. The van der Waals surface area contributed by atoms with Gasteiger partial charge in [-0.2, -0.15) is 8.42 Å². The molecule has 2 heterocycles. The van der Waals surface area contributed by atoms with Gasteiger partial charge in [0.05, 0.1) is 14.2 Å². The van der Waals surface area contributed by atoms with Crippen LogP contribution in [0.25, 0.3) is 0 Å². The van der Waals surface area contributed by atoms with Crippen molar-refractivity contribution in [2.45, 2.75) is 30.3 Å². The van der Waals surface area contributed by atoms with Crippen LogP contribution in [-0.4, -0.2) is 34.1 Å². The molecule has 1 atom stereocenters. The second kappa shape index (κ2) is 8.15. The molecule has 3 aromatic rings. The number of rotatable bonds is 5. The van der Waals surface area contributed by atoms with Crippen LogP contribution in [0.3, 0.4) is 0 Å². The van der Waals surface area contributed by atoms with Crippen LogP contribution in [0.2, 0.25) is 0 Å². The maximum atomic E-state index is 13.0. The summed E-state index contributed by atoms with van der Waals surface area (Å²) in [6.45, 7) is 1.48. The van der Waals surface area contributed by atoms with E-state index >= 15 is 0 Å². The Labute approximate surface area is 188 Å².